The number of hydrogen-bond acceptors (Lipinski definition) is 3. The number of halogens is 1. The van der Waals surface area contributed by atoms with Gasteiger partial charge in [0.1, 0.15) is 17.1 Å². The van der Waals surface area contributed by atoms with E-state index in [9.17, 15) is 0 Å². The maximum Gasteiger partial charge on any atom is 0.134 e. The predicted octanol–water partition coefficient (Wildman–Crippen LogP) is 4.14. The third-order valence-corrected chi connectivity index (χ3v) is 3.49. The van der Waals surface area contributed by atoms with Crippen molar-refractivity contribution < 1.29 is 9.15 Å². The molecule has 3 aromatic rings. The smallest absolute Gasteiger partial charge is 0.134 e. The first kappa shape index (κ1) is 13.0. The molecule has 20 heavy (non-hydrogen) atoms. The second-order valence-electron chi connectivity index (χ2n) is 4.59. The van der Waals surface area contributed by atoms with Gasteiger partial charge in [-0.25, -0.2) is 0 Å². The fourth-order valence-electron chi connectivity index (χ4n) is 2.19. The Morgan fingerprint density at radius 2 is 2.00 bits per heavy atom. The summed E-state index contributed by atoms with van der Waals surface area (Å²) in [5.74, 6) is 1.48. The zero-order valence-electron chi connectivity index (χ0n) is 11.0. The molecule has 0 aliphatic carbocycles. The summed E-state index contributed by atoms with van der Waals surface area (Å²) in [5, 5.41) is 1.63. The number of nitrogens with two attached hydrogens (primary N) is 1. The number of benzene rings is 2. The minimum absolute atomic E-state index is 0.337. The highest BCUT2D eigenvalue weighted by atomic mass is 35.5. The SMILES string of the molecule is COc1cccc(C(N)c2cc3cc(Cl)ccc3o2)c1. The van der Waals surface area contributed by atoms with E-state index < -0.39 is 0 Å². The Bertz CT molecular complexity index is 751. The highest BCUT2D eigenvalue weighted by molar-refractivity contribution is 6.31. The molecule has 102 valence electrons. The van der Waals surface area contributed by atoms with Gasteiger partial charge in [0.2, 0.25) is 0 Å². The fourth-order valence-corrected chi connectivity index (χ4v) is 2.37. The lowest BCUT2D eigenvalue weighted by Crippen LogP contribution is -2.10. The van der Waals surface area contributed by atoms with Crippen molar-refractivity contribution in [3.8, 4) is 5.75 Å². The Morgan fingerprint density at radius 1 is 1.15 bits per heavy atom. The summed E-state index contributed by atoms with van der Waals surface area (Å²) in [5.41, 5.74) is 7.98. The molecule has 1 heterocycles. The molecule has 0 saturated heterocycles. The van der Waals surface area contributed by atoms with Gasteiger partial charge in [-0.3, -0.25) is 0 Å². The van der Waals surface area contributed by atoms with Gasteiger partial charge >= 0.3 is 0 Å². The van der Waals surface area contributed by atoms with Crippen LogP contribution in [0.5, 0.6) is 5.75 Å². The minimum Gasteiger partial charge on any atom is -0.497 e. The van der Waals surface area contributed by atoms with Crippen molar-refractivity contribution in [1.82, 2.24) is 0 Å². The highest BCUT2D eigenvalue weighted by Gasteiger charge is 2.15. The van der Waals surface area contributed by atoms with Gasteiger partial charge in [0.05, 0.1) is 13.2 Å². The number of fused-ring (bicyclic) bond motifs is 1. The van der Waals surface area contributed by atoms with E-state index in [4.69, 9.17) is 26.5 Å². The van der Waals surface area contributed by atoms with Gasteiger partial charge in [0.15, 0.2) is 0 Å². The van der Waals surface area contributed by atoms with Gasteiger partial charge < -0.3 is 14.9 Å². The van der Waals surface area contributed by atoms with Gasteiger partial charge in [-0.2, -0.15) is 0 Å². The second kappa shape index (κ2) is 5.19. The molecule has 0 aliphatic heterocycles. The van der Waals surface area contributed by atoms with Crippen LogP contribution in [0.1, 0.15) is 17.4 Å². The molecule has 4 heteroatoms. The van der Waals surface area contributed by atoms with E-state index in [2.05, 4.69) is 0 Å². The fraction of sp³-hybridized carbons (Fsp3) is 0.125. The van der Waals surface area contributed by atoms with Crippen LogP contribution in [-0.2, 0) is 0 Å². The van der Waals surface area contributed by atoms with Gasteiger partial charge in [-0.15, -0.1) is 0 Å². The van der Waals surface area contributed by atoms with Crippen LogP contribution >= 0.6 is 11.6 Å². The lowest BCUT2D eigenvalue weighted by atomic mass is 10.0. The molecule has 0 bridgehead atoms. The summed E-state index contributed by atoms with van der Waals surface area (Å²) < 4.78 is 11.0. The summed E-state index contributed by atoms with van der Waals surface area (Å²) in [4.78, 5) is 0. The first-order valence-corrected chi connectivity index (χ1v) is 6.64. The third kappa shape index (κ3) is 2.38. The first-order valence-electron chi connectivity index (χ1n) is 6.26. The zero-order chi connectivity index (χ0) is 14.1. The monoisotopic (exact) mass is 287 g/mol. The van der Waals surface area contributed by atoms with Crippen molar-refractivity contribution in [3.63, 3.8) is 0 Å². The summed E-state index contributed by atoms with van der Waals surface area (Å²) in [6.07, 6.45) is 0. The van der Waals surface area contributed by atoms with Crippen LogP contribution in [0.15, 0.2) is 52.9 Å². The summed E-state index contributed by atoms with van der Waals surface area (Å²) in [6.45, 7) is 0. The van der Waals surface area contributed by atoms with Crippen LogP contribution in [0.25, 0.3) is 11.0 Å². The van der Waals surface area contributed by atoms with E-state index in [-0.39, 0.29) is 6.04 Å². The van der Waals surface area contributed by atoms with Crippen LogP contribution in [-0.4, -0.2) is 7.11 Å². The molecule has 1 aromatic heterocycles. The molecule has 3 rings (SSSR count). The Labute approximate surface area is 121 Å². The maximum absolute atomic E-state index is 6.26. The molecule has 0 amide bonds. The molecule has 1 atom stereocenters. The summed E-state index contributed by atoms with van der Waals surface area (Å²) >= 11 is 5.97. The van der Waals surface area contributed by atoms with Crippen LogP contribution in [0, 0.1) is 0 Å². The average Bonchev–Trinajstić information content (AvgIpc) is 2.89. The Morgan fingerprint density at radius 3 is 2.80 bits per heavy atom. The lowest BCUT2D eigenvalue weighted by Gasteiger charge is -2.10. The topological polar surface area (TPSA) is 48.4 Å². The van der Waals surface area contributed by atoms with E-state index in [1.54, 1.807) is 13.2 Å². The Hall–Kier alpha value is -1.97. The molecular formula is C16H14ClNO2. The van der Waals surface area contributed by atoms with Crippen molar-refractivity contribution in [2.45, 2.75) is 6.04 Å². The quantitative estimate of drug-likeness (QED) is 0.787. The molecule has 0 radical (unpaired) electrons. The largest absolute Gasteiger partial charge is 0.497 e. The molecule has 2 N–H and O–H groups in total. The molecule has 0 spiro atoms. The van der Waals surface area contributed by atoms with Gasteiger partial charge in [0.25, 0.3) is 0 Å². The normalized spacial score (nSPS) is 12.6. The number of furan rings is 1. The van der Waals surface area contributed by atoms with Crippen molar-refractivity contribution in [2.24, 2.45) is 5.73 Å². The van der Waals surface area contributed by atoms with Crippen molar-refractivity contribution in [1.29, 1.82) is 0 Å². The standard InChI is InChI=1S/C16H14ClNO2/c1-19-13-4-2-3-10(8-13)16(18)15-9-11-7-12(17)5-6-14(11)20-15/h2-9,16H,18H2,1H3. The van der Waals surface area contributed by atoms with Gasteiger partial charge in [0, 0.05) is 10.4 Å². The molecular weight excluding hydrogens is 274 g/mol. The average molecular weight is 288 g/mol. The predicted molar refractivity (Wildman–Crippen MR) is 80.2 cm³/mol. The van der Waals surface area contributed by atoms with Crippen LogP contribution in [0.4, 0.5) is 0 Å². The molecule has 0 saturated carbocycles. The second-order valence-corrected chi connectivity index (χ2v) is 5.02. The van der Waals surface area contributed by atoms with E-state index in [0.717, 1.165) is 22.3 Å². The molecule has 0 aliphatic rings. The van der Waals surface area contributed by atoms with Crippen molar-refractivity contribution in [2.75, 3.05) is 7.11 Å². The lowest BCUT2D eigenvalue weighted by molar-refractivity contribution is 0.413. The Balaban J connectivity index is 2.00. The number of methoxy groups -OCH3 is 1. The van der Waals surface area contributed by atoms with Crippen LogP contribution in [0.2, 0.25) is 5.02 Å². The van der Waals surface area contributed by atoms with Crippen molar-refractivity contribution >= 4 is 22.6 Å². The van der Waals surface area contributed by atoms with Crippen LogP contribution in [0.3, 0.4) is 0 Å². The molecule has 1 unspecified atom stereocenters. The number of ether oxygens (including phenoxy) is 1. The van der Waals surface area contributed by atoms with E-state index >= 15 is 0 Å². The first-order chi connectivity index (χ1) is 9.67. The number of hydrogen-bond donors (Lipinski definition) is 1. The van der Waals surface area contributed by atoms with Gasteiger partial charge in [-0.1, -0.05) is 23.7 Å². The van der Waals surface area contributed by atoms with Gasteiger partial charge in [-0.05, 0) is 42.0 Å². The van der Waals surface area contributed by atoms with Crippen molar-refractivity contribution in [3.05, 3.63) is 64.9 Å². The Kier molecular flexibility index (Phi) is 3.38. The summed E-state index contributed by atoms with van der Waals surface area (Å²) in [7, 11) is 1.63. The van der Waals surface area contributed by atoms with E-state index in [1.165, 1.54) is 0 Å². The summed E-state index contributed by atoms with van der Waals surface area (Å²) in [6, 6.07) is 14.7. The van der Waals surface area contributed by atoms with Crippen LogP contribution < -0.4 is 10.5 Å². The molecule has 2 aromatic carbocycles. The molecule has 3 nitrogen and oxygen atoms in total. The zero-order valence-corrected chi connectivity index (χ0v) is 11.7. The van der Waals surface area contributed by atoms with E-state index in [1.807, 2.05) is 42.5 Å². The highest BCUT2D eigenvalue weighted by Crippen LogP contribution is 2.29. The third-order valence-electron chi connectivity index (χ3n) is 3.26. The molecule has 0 fully saturated rings. The maximum atomic E-state index is 6.26. The minimum atomic E-state index is -0.337. The van der Waals surface area contributed by atoms with E-state index in [0.29, 0.717) is 10.8 Å². The number of rotatable bonds is 3.